The number of nitro benzene ring substituents is 1. The summed E-state index contributed by atoms with van der Waals surface area (Å²) in [5, 5.41) is 19.1. The Hall–Kier alpha value is -2.38. The van der Waals surface area contributed by atoms with E-state index in [1.807, 2.05) is 0 Å². The fourth-order valence-electron chi connectivity index (χ4n) is 1.18. The predicted molar refractivity (Wildman–Crippen MR) is 63.3 cm³/mol. The third kappa shape index (κ3) is 3.30. The van der Waals surface area contributed by atoms with Crippen molar-refractivity contribution in [2.45, 2.75) is 11.3 Å². The first-order valence-corrected chi connectivity index (χ1v) is 6.59. The molecule has 0 heterocycles. The highest BCUT2D eigenvalue weighted by Gasteiger charge is 2.17. The molecule has 0 fully saturated rings. The van der Waals surface area contributed by atoms with Gasteiger partial charge in [-0.05, 0) is 12.1 Å². The molecule has 92 valence electrons. The van der Waals surface area contributed by atoms with Gasteiger partial charge in [0.1, 0.15) is 5.56 Å². The molecular formula is C11H8N2O4S. The van der Waals surface area contributed by atoms with Crippen LogP contribution in [-0.2, 0) is 9.84 Å². The van der Waals surface area contributed by atoms with Gasteiger partial charge in [-0.3, -0.25) is 10.1 Å². The van der Waals surface area contributed by atoms with E-state index in [4.69, 9.17) is 5.26 Å². The molecule has 0 atom stereocenters. The molecule has 0 aromatic heterocycles. The number of nitriles is 1. The minimum absolute atomic E-state index is 0.0506. The lowest BCUT2D eigenvalue weighted by atomic mass is 10.2. The fourth-order valence-corrected chi connectivity index (χ4v) is 1.82. The number of nitro groups is 1. The van der Waals surface area contributed by atoms with E-state index in [-0.39, 0.29) is 22.6 Å². The van der Waals surface area contributed by atoms with Crippen molar-refractivity contribution >= 4 is 15.5 Å². The van der Waals surface area contributed by atoms with Crippen molar-refractivity contribution in [3.63, 3.8) is 0 Å². The average molecular weight is 264 g/mol. The molecule has 18 heavy (non-hydrogen) atoms. The lowest BCUT2D eigenvalue weighted by Crippen LogP contribution is -2.00. The molecule has 1 aromatic carbocycles. The Kier molecular flexibility index (Phi) is 4.03. The van der Waals surface area contributed by atoms with E-state index in [0.717, 1.165) is 12.3 Å². The van der Waals surface area contributed by atoms with Crippen LogP contribution in [0, 0.1) is 33.3 Å². The van der Waals surface area contributed by atoms with Crippen molar-refractivity contribution in [3.8, 4) is 17.9 Å². The molecular weight excluding hydrogens is 256 g/mol. The zero-order chi connectivity index (χ0) is 13.8. The van der Waals surface area contributed by atoms with Crippen molar-refractivity contribution < 1.29 is 13.3 Å². The second-order valence-electron chi connectivity index (χ2n) is 3.34. The first kappa shape index (κ1) is 13.7. The standard InChI is InChI=1S/C11H8N2O4S/c1-18(16,17)10-6-5-9(4-2-3-7-12)11(8-10)13(14)15/h5-6,8H,3H2,1H3. The van der Waals surface area contributed by atoms with Crippen LogP contribution in [0.5, 0.6) is 0 Å². The number of benzene rings is 1. The van der Waals surface area contributed by atoms with Gasteiger partial charge in [-0.1, -0.05) is 11.8 Å². The summed E-state index contributed by atoms with van der Waals surface area (Å²) in [4.78, 5) is 9.97. The van der Waals surface area contributed by atoms with Crippen LogP contribution in [0.2, 0.25) is 0 Å². The van der Waals surface area contributed by atoms with Gasteiger partial charge in [0.05, 0.1) is 22.3 Å². The van der Waals surface area contributed by atoms with Gasteiger partial charge >= 0.3 is 0 Å². The topological polar surface area (TPSA) is 101 Å². The quantitative estimate of drug-likeness (QED) is 0.454. The highest BCUT2D eigenvalue weighted by Crippen LogP contribution is 2.22. The van der Waals surface area contributed by atoms with Crippen molar-refractivity contribution in [1.82, 2.24) is 0 Å². The molecule has 0 aliphatic carbocycles. The minimum atomic E-state index is -3.51. The van der Waals surface area contributed by atoms with Crippen molar-refractivity contribution in [1.29, 1.82) is 5.26 Å². The molecule has 6 nitrogen and oxygen atoms in total. The Balaban J connectivity index is 3.37. The number of nitrogens with zero attached hydrogens (tertiary/aromatic N) is 2. The molecule has 1 rings (SSSR count). The van der Waals surface area contributed by atoms with Crippen LogP contribution in [-0.4, -0.2) is 19.6 Å². The molecule has 0 unspecified atom stereocenters. The maximum atomic E-state index is 11.3. The lowest BCUT2D eigenvalue weighted by Gasteiger charge is -2.00. The van der Waals surface area contributed by atoms with Crippen LogP contribution in [0.15, 0.2) is 23.1 Å². The SMILES string of the molecule is CS(=O)(=O)c1ccc(C#CCC#N)c([N+](=O)[O-])c1. The Morgan fingerprint density at radius 2 is 2.11 bits per heavy atom. The van der Waals surface area contributed by atoms with E-state index in [1.54, 1.807) is 6.07 Å². The molecule has 0 spiro atoms. The minimum Gasteiger partial charge on any atom is -0.258 e. The second kappa shape index (κ2) is 5.30. The van der Waals surface area contributed by atoms with E-state index in [0.29, 0.717) is 0 Å². The predicted octanol–water partition coefficient (Wildman–Crippen LogP) is 1.26. The largest absolute Gasteiger partial charge is 0.286 e. The van der Waals surface area contributed by atoms with Gasteiger partial charge in [-0.25, -0.2) is 8.42 Å². The molecule has 0 aliphatic heterocycles. The van der Waals surface area contributed by atoms with Crippen LogP contribution < -0.4 is 0 Å². The van der Waals surface area contributed by atoms with E-state index >= 15 is 0 Å². The summed E-state index contributed by atoms with van der Waals surface area (Å²) >= 11 is 0. The van der Waals surface area contributed by atoms with E-state index in [2.05, 4.69) is 11.8 Å². The zero-order valence-corrected chi connectivity index (χ0v) is 10.2. The van der Waals surface area contributed by atoms with Crippen molar-refractivity contribution in [2.24, 2.45) is 0 Å². The number of hydrogen-bond acceptors (Lipinski definition) is 5. The Labute approximate surface area is 104 Å². The summed E-state index contributed by atoms with van der Waals surface area (Å²) in [7, 11) is -3.51. The molecule has 0 bridgehead atoms. The van der Waals surface area contributed by atoms with Crippen LogP contribution in [0.1, 0.15) is 12.0 Å². The molecule has 7 heteroatoms. The highest BCUT2D eigenvalue weighted by atomic mass is 32.2. The zero-order valence-electron chi connectivity index (χ0n) is 9.37. The monoisotopic (exact) mass is 264 g/mol. The molecule has 0 amide bonds. The summed E-state index contributed by atoms with van der Waals surface area (Å²) in [6.45, 7) is 0. The van der Waals surface area contributed by atoms with Crippen LogP contribution >= 0.6 is 0 Å². The third-order valence-corrected chi connectivity index (χ3v) is 3.09. The summed E-state index contributed by atoms with van der Waals surface area (Å²) in [6.07, 6.45) is 0.915. The molecule has 0 radical (unpaired) electrons. The van der Waals surface area contributed by atoms with E-state index in [9.17, 15) is 18.5 Å². The normalized spacial score (nSPS) is 10.0. The van der Waals surface area contributed by atoms with Gasteiger partial charge < -0.3 is 0 Å². The summed E-state index contributed by atoms with van der Waals surface area (Å²) in [5.41, 5.74) is -0.300. The first-order chi connectivity index (χ1) is 8.36. The maximum Gasteiger partial charge on any atom is 0.286 e. The van der Waals surface area contributed by atoms with Crippen molar-refractivity contribution in [3.05, 3.63) is 33.9 Å². The van der Waals surface area contributed by atoms with Gasteiger partial charge in [0, 0.05) is 12.3 Å². The Morgan fingerprint density at radius 3 is 2.61 bits per heavy atom. The maximum absolute atomic E-state index is 11.3. The Bertz CT molecular complexity index is 690. The van der Waals surface area contributed by atoms with Gasteiger partial charge in [-0.2, -0.15) is 5.26 Å². The summed E-state index contributed by atoms with van der Waals surface area (Å²) in [5.74, 6) is 4.91. The second-order valence-corrected chi connectivity index (χ2v) is 5.36. The van der Waals surface area contributed by atoms with Gasteiger partial charge in [0.2, 0.25) is 0 Å². The lowest BCUT2D eigenvalue weighted by molar-refractivity contribution is -0.385. The third-order valence-electron chi connectivity index (χ3n) is 1.98. The molecule has 0 saturated heterocycles. The highest BCUT2D eigenvalue weighted by molar-refractivity contribution is 7.90. The van der Waals surface area contributed by atoms with Gasteiger partial charge in [-0.15, -0.1) is 0 Å². The summed E-state index contributed by atoms with van der Waals surface area (Å²) in [6, 6.07) is 5.26. The molecule has 0 N–H and O–H groups in total. The molecule has 1 aromatic rings. The Morgan fingerprint density at radius 1 is 1.44 bits per heavy atom. The van der Waals surface area contributed by atoms with Crippen LogP contribution in [0.4, 0.5) is 5.69 Å². The number of hydrogen-bond donors (Lipinski definition) is 0. The number of rotatable bonds is 2. The van der Waals surface area contributed by atoms with Crippen LogP contribution in [0.25, 0.3) is 0 Å². The van der Waals surface area contributed by atoms with E-state index < -0.39 is 14.8 Å². The smallest absolute Gasteiger partial charge is 0.258 e. The average Bonchev–Trinajstić information content (AvgIpc) is 2.28. The first-order valence-electron chi connectivity index (χ1n) is 4.70. The molecule has 0 aliphatic rings. The van der Waals surface area contributed by atoms with Gasteiger partial charge in [0.25, 0.3) is 5.69 Å². The van der Waals surface area contributed by atoms with Gasteiger partial charge in [0.15, 0.2) is 9.84 Å². The van der Waals surface area contributed by atoms with Crippen molar-refractivity contribution in [2.75, 3.05) is 6.26 Å². The summed E-state index contributed by atoms with van der Waals surface area (Å²) < 4.78 is 22.6. The fraction of sp³-hybridized carbons (Fsp3) is 0.182. The van der Waals surface area contributed by atoms with E-state index in [1.165, 1.54) is 12.1 Å². The number of sulfone groups is 1. The van der Waals surface area contributed by atoms with Crippen LogP contribution in [0.3, 0.4) is 0 Å². The molecule has 0 saturated carbocycles.